The van der Waals surface area contributed by atoms with Crippen LogP contribution in [0.2, 0.25) is 0 Å². The van der Waals surface area contributed by atoms with Crippen LogP contribution in [-0.4, -0.2) is 0 Å². The van der Waals surface area contributed by atoms with Crippen molar-refractivity contribution in [3.63, 3.8) is 0 Å². The predicted molar refractivity (Wildman–Crippen MR) is 74.3 cm³/mol. The van der Waals surface area contributed by atoms with Crippen molar-refractivity contribution in [2.45, 2.75) is 26.8 Å². The van der Waals surface area contributed by atoms with Crippen LogP contribution in [0.3, 0.4) is 0 Å². The first-order chi connectivity index (χ1) is 8.19. The number of anilines is 1. The Morgan fingerprint density at radius 3 is 2.59 bits per heavy atom. The maximum atomic E-state index is 5.64. The lowest BCUT2D eigenvalue weighted by molar-refractivity contribution is 0.476. The number of benzene rings is 1. The highest BCUT2D eigenvalue weighted by Gasteiger charge is 2.02. The average molecular weight is 294 g/mol. The third kappa shape index (κ3) is 3.13. The zero-order valence-electron chi connectivity index (χ0n) is 10.1. The summed E-state index contributed by atoms with van der Waals surface area (Å²) >= 11 is 3.55. The first-order valence-electron chi connectivity index (χ1n) is 5.76. The van der Waals surface area contributed by atoms with Gasteiger partial charge in [0.1, 0.15) is 11.5 Å². The van der Waals surface area contributed by atoms with Crippen LogP contribution >= 0.6 is 15.9 Å². The van der Waals surface area contributed by atoms with Gasteiger partial charge in [0.15, 0.2) is 0 Å². The van der Waals surface area contributed by atoms with Crippen molar-refractivity contribution in [2.75, 3.05) is 5.32 Å². The van der Waals surface area contributed by atoms with Gasteiger partial charge in [0.05, 0.1) is 6.54 Å². The first-order valence-corrected chi connectivity index (χ1v) is 6.56. The molecule has 0 atom stereocenters. The minimum atomic E-state index is 0.710. The van der Waals surface area contributed by atoms with E-state index in [4.69, 9.17) is 4.42 Å². The average Bonchev–Trinajstić information content (AvgIpc) is 2.76. The summed E-state index contributed by atoms with van der Waals surface area (Å²) < 4.78 is 6.72. The number of rotatable bonds is 4. The van der Waals surface area contributed by atoms with Crippen LogP contribution in [0.15, 0.2) is 39.2 Å². The summed E-state index contributed by atoms with van der Waals surface area (Å²) in [5, 5.41) is 3.35. The van der Waals surface area contributed by atoms with Gasteiger partial charge >= 0.3 is 0 Å². The normalized spacial score (nSPS) is 10.5. The van der Waals surface area contributed by atoms with Crippen molar-refractivity contribution in [3.8, 4) is 0 Å². The molecule has 90 valence electrons. The van der Waals surface area contributed by atoms with Gasteiger partial charge in [-0.05, 0) is 52.7 Å². The third-order valence-electron chi connectivity index (χ3n) is 2.64. The summed E-state index contributed by atoms with van der Waals surface area (Å²) in [5.74, 6) is 2.00. The number of halogens is 1. The fraction of sp³-hybridized carbons (Fsp3) is 0.286. The van der Waals surface area contributed by atoms with E-state index in [-0.39, 0.29) is 0 Å². The van der Waals surface area contributed by atoms with Gasteiger partial charge in [-0.1, -0.05) is 13.0 Å². The molecule has 2 rings (SSSR count). The van der Waals surface area contributed by atoms with Gasteiger partial charge < -0.3 is 9.73 Å². The Balaban J connectivity index is 2.02. The maximum Gasteiger partial charge on any atom is 0.123 e. The molecule has 0 amide bonds. The Kier molecular flexibility index (Phi) is 3.89. The number of nitrogens with one attached hydrogen (secondary N) is 1. The number of aryl methyl sites for hydroxylation is 2. The fourth-order valence-electron chi connectivity index (χ4n) is 1.65. The highest BCUT2D eigenvalue weighted by molar-refractivity contribution is 9.10. The van der Waals surface area contributed by atoms with Gasteiger partial charge in [0, 0.05) is 16.6 Å². The molecule has 0 aliphatic heterocycles. The SMILES string of the molecule is CCc1ccc(CNc2ccc(C)cc2Br)o1. The topological polar surface area (TPSA) is 25.2 Å². The molecular weight excluding hydrogens is 278 g/mol. The van der Waals surface area contributed by atoms with Crippen LogP contribution in [-0.2, 0) is 13.0 Å². The van der Waals surface area contributed by atoms with E-state index in [0.29, 0.717) is 6.54 Å². The molecule has 3 heteroatoms. The summed E-state index contributed by atoms with van der Waals surface area (Å²) in [6, 6.07) is 10.3. The zero-order valence-corrected chi connectivity index (χ0v) is 11.7. The van der Waals surface area contributed by atoms with Crippen molar-refractivity contribution in [1.82, 2.24) is 0 Å². The van der Waals surface area contributed by atoms with E-state index in [9.17, 15) is 0 Å². The molecule has 1 heterocycles. The van der Waals surface area contributed by atoms with Crippen molar-refractivity contribution in [3.05, 3.63) is 51.9 Å². The summed E-state index contributed by atoms with van der Waals surface area (Å²) in [6.45, 7) is 4.88. The minimum absolute atomic E-state index is 0.710. The van der Waals surface area contributed by atoms with Crippen molar-refractivity contribution >= 4 is 21.6 Å². The fourth-order valence-corrected chi connectivity index (χ4v) is 2.29. The number of hydrogen-bond donors (Lipinski definition) is 1. The molecule has 0 radical (unpaired) electrons. The number of hydrogen-bond acceptors (Lipinski definition) is 2. The molecule has 1 aromatic heterocycles. The quantitative estimate of drug-likeness (QED) is 0.896. The van der Waals surface area contributed by atoms with Crippen LogP contribution in [0.25, 0.3) is 0 Å². The van der Waals surface area contributed by atoms with Crippen LogP contribution in [0.5, 0.6) is 0 Å². The maximum absolute atomic E-state index is 5.64. The molecule has 1 N–H and O–H groups in total. The Bertz CT molecular complexity index is 505. The van der Waals surface area contributed by atoms with Crippen molar-refractivity contribution < 1.29 is 4.42 Å². The third-order valence-corrected chi connectivity index (χ3v) is 3.30. The van der Waals surface area contributed by atoms with Gasteiger partial charge in [-0.3, -0.25) is 0 Å². The van der Waals surface area contributed by atoms with Crippen LogP contribution in [0, 0.1) is 6.92 Å². The van der Waals surface area contributed by atoms with E-state index in [1.807, 2.05) is 12.1 Å². The first kappa shape index (κ1) is 12.2. The van der Waals surface area contributed by atoms with Gasteiger partial charge in [0.25, 0.3) is 0 Å². The second-order valence-electron chi connectivity index (χ2n) is 4.06. The highest BCUT2D eigenvalue weighted by Crippen LogP contribution is 2.24. The smallest absolute Gasteiger partial charge is 0.123 e. The summed E-state index contributed by atoms with van der Waals surface area (Å²) in [5.41, 5.74) is 2.33. The molecule has 0 unspecified atom stereocenters. The summed E-state index contributed by atoms with van der Waals surface area (Å²) in [7, 11) is 0. The predicted octanol–water partition coefficient (Wildman–Crippen LogP) is 4.53. The second kappa shape index (κ2) is 5.41. The minimum Gasteiger partial charge on any atom is -0.464 e. The molecule has 0 fully saturated rings. The highest BCUT2D eigenvalue weighted by atomic mass is 79.9. The van der Waals surface area contributed by atoms with E-state index in [2.05, 4.69) is 53.3 Å². The summed E-state index contributed by atoms with van der Waals surface area (Å²) in [4.78, 5) is 0. The number of furan rings is 1. The zero-order chi connectivity index (χ0) is 12.3. The molecule has 2 nitrogen and oxygen atoms in total. The molecule has 0 saturated heterocycles. The van der Waals surface area contributed by atoms with E-state index >= 15 is 0 Å². The van der Waals surface area contributed by atoms with Gasteiger partial charge in [-0.2, -0.15) is 0 Å². The molecule has 0 bridgehead atoms. The Morgan fingerprint density at radius 2 is 1.94 bits per heavy atom. The van der Waals surface area contributed by atoms with Gasteiger partial charge in [0.2, 0.25) is 0 Å². The second-order valence-corrected chi connectivity index (χ2v) is 4.91. The van der Waals surface area contributed by atoms with E-state index < -0.39 is 0 Å². The molecule has 0 spiro atoms. The lowest BCUT2D eigenvalue weighted by Crippen LogP contribution is -1.98. The van der Waals surface area contributed by atoms with Crippen molar-refractivity contribution in [2.24, 2.45) is 0 Å². The van der Waals surface area contributed by atoms with Gasteiger partial charge in [-0.15, -0.1) is 0 Å². The van der Waals surface area contributed by atoms with Gasteiger partial charge in [-0.25, -0.2) is 0 Å². The lowest BCUT2D eigenvalue weighted by Gasteiger charge is -2.07. The molecular formula is C14H16BrNO. The molecule has 17 heavy (non-hydrogen) atoms. The van der Waals surface area contributed by atoms with Crippen LogP contribution < -0.4 is 5.32 Å². The van der Waals surface area contributed by atoms with E-state index in [0.717, 1.165) is 28.1 Å². The van der Waals surface area contributed by atoms with Crippen LogP contribution in [0.4, 0.5) is 5.69 Å². The Morgan fingerprint density at radius 1 is 1.18 bits per heavy atom. The largest absolute Gasteiger partial charge is 0.464 e. The lowest BCUT2D eigenvalue weighted by atomic mass is 10.2. The standard InChI is InChI=1S/C14H16BrNO/c1-3-11-5-6-12(17-11)9-16-14-7-4-10(2)8-13(14)15/h4-8,16H,3,9H2,1-2H3. The van der Waals surface area contributed by atoms with Crippen LogP contribution in [0.1, 0.15) is 24.0 Å². The Hall–Kier alpha value is -1.22. The monoisotopic (exact) mass is 293 g/mol. The van der Waals surface area contributed by atoms with E-state index in [1.54, 1.807) is 0 Å². The molecule has 2 aromatic rings. The molecule has 1 aromatic carbocycles. The molecule has 0 saturated carbocycles. The summed E-state index contributed by atoms with van der Waals surface area (Å²) in [6.07, 6.45) is 0.939. The molecule has 0 aliphatic rings. The molecule has 0 aliphatic carbocycles. The van der Waals surface area contributed by atoms with E-state index in [1.165, 1.54) is 5.56 Å². The Labute approximate surface area is 110 Å². The van der Waals surface area contributed by atoms with Crippen molar-refractivity contribution in [1.29, 1.82) is 0 Å².